The average Bonchev–Trinajstić information content (AvgIpc) is 3.25. The second-order valence-electron chi connectivity index (χ2n) is 6.87. The van der Waals surface area contributed by atoms with Gasteiger partial charge < -0.3 is 14.5 Å². The number of fused-ring (bicyclic) bond motifs is 3. The zero-order valence-corrected chi connectivity index (χ0v) is 13.6. The van der Waals surface area contributed by atoms with Gasteiger partial charge in [-0.05, 0) is 45.3 Å². The quantitative estimate of drug-likeness (QED) is 0.822. The van der Waals surface area contributed by atoms with Crippen LogP contribution in [0.4, 0.5) is 0 Å². The summed E-state index contributed by atoms with van der Waals surface area (Å²) in [4.78, 5) is 17.0. The third-order valence-electron chi connectivity index (χ3n) is 5.34. The molecule has 126 valence electrons. The number of piperidine rings is 1. The predicted octanol–water partition coefficient (Wildman–Crippen LogP) is 0.826. The Hall–Kier alpha value is -1.47. The molecular weight excluding hydrogens is 294 g/mol. The van der Waals surface area contributed by atoms with E-state index in [1.54, 1.807) is 6.20 Å². The molecular formula is C16H25N5O2. The molecule has 2 atom stereocenters. The number of likely N-dealkylation sites (tertiary alicyclic amines) is 2. The Kier molecular flexibility index (Phi) is 4.31. The van der Waals surface area contributed by atoms with Gasteiger partial charge in [-0.2, -0.15) is 0 Å². The van der Waals surface area contributed by atoms with Gasteiger partial charge in [0.1, 0.15) is 0 Å². The maximum Gasteiger partial charge on any atom is 0.222 e. The van der Waals surface area contributed by atoms with Crippen LogP contribution >= 0.6 is 0 Å². The summed E-state index contributed by atoms with van der Waals surface area (Å²) in [5, 5.41) is 8.17. The number of hydrogen-bond acceptors (Lipinski definition) is 5. The number of ether oxygens (including phenoxy) is 1. The van der Waals surface area contributed by atoms with Crippen LogP contribution in [0.1, 0.15) is 43.8 Å². The van der Waals surface area contributed by atoms with Gasteiger partial charge in [0.15, 0.2) is 0 Å². The third kappa shape index (κ3) is 3.12. The smallest absolute Gasteiger partial charge is 0.222 e. The van der Waals surface area contributed by atoms with Crippen LogP contribution in [0.25, 0.3) is 0 Å². The van der Waals surface area contributed by atoms with E-state index >= 15 is 0 Å². The van der Waals surface area contributed by atoms with E-state index in [2.05, 4.69) is 15.2 Å². The first-order chi connectivity index (χ1) is 11.3. The van der Waals surface area contributed by atoms with E-state index in [0.29, 0.717) is 19.6 Å². The molecule has 0 spiro atoms. The zero-order chi connectivity index (χ0) is 15.6. The lowest BCUT2D eigenvalue weighted by Gasteiger charge is -2.41. The molecule has 2 saturated heterocycles. The highest BCUT2D eigenvalue weighted by Gasteiger charge is 2.37. The van der Waals surface area contributed by atoms with E-state index in [4.69, 9.17) is 4.74 Å². The normalized spacial score (nSPS) is 27.7. The minimum atomic E-state index is 0.123. The molecule has 4 heterocycles. The van der Waals surface area contributed by atoms with E-state index in [9.17, 15) is 4.79 Å². The zero-order valence-electron chi connectivity index (χ0n) is 13.6. The Morgan fingerprint density at radius 2 is 2.17 bits per heavy atom. The van der Waals surface area contributed by atoms with Crippen molar-refractivity contribution in [1.82, 2.24) is 24.8 Å². The van der Waals surface area contributed by atoms with Crippen LogP contribution in [-0.2, 0) is 16.1 Å². The number of aromatic nitrogens is 3. The van der Waals surface area contributed by atoms with E-state index in [-0.39, 0.29) is 18.1 Å². The van der Waals surface area contributed by atoms with Crippen molar-refractivity contribution >= 4 is 5.91 Å². The van der Waals surface area contributed by atoms with E-state index in [0.717, 1.165) is 31.6 Å². The van der Waals surface area contributed by atoms with Gasteiger partial charge in [-0.1, -0.05) is 5.21 Å². The molecule has 2 fully saturated rings. The fraction of sp³-hybridized carbons (Fsp3) is 0.812. The van der Waals surface area contributed by atoms with Crippen LogP contribution in [-0.4, -0.2) is 69.5 Å². The first-order valence-corrected chi connectivity index (χ1v) is 8.82. The summed E-state index contributed by atoms with van der Waals surface area (Å²) in [7, 11) is 0. The largest absolute Gasteiger partial charge is 0.370 e. The van der Waals surface area contributed by atoms with Crippen LogP contribution in [0.5, 0.6) is 0 Å². The predicted molar refractivity (Wildman–Crippen MR) is 83.7 cm³/mol. The van der Waals surface area contributed by atoms with E-state index in [1.165, 1.54) is 25.9 Å². The summed E-state index contributed by atoms with van der Waals surface area (Å²) in [5.41, 5.74) is 1.01. The van der Waals surface area contributed by atoms with Crippen molar-refractivity contribution in [2.75, 3.05) is 32.7 Å². The standard InChI is InChI=1S/C16H25N5O2/c22-16(4-3-8-19-6-1-2-7-19)20-9-5-15-14(11-20)21-13(12-23-15)10-17-18-21/h10,14-15H,1-9,11-12H2. The summed E-state index contributed by atoms with van der Waals surface area (Å²) < 4.78 is 7.85. The molecule has 1 aromatic rings. The molecule has 0 N–H and O–H groups in total. The molecule has 0 aromatic carbocycles. The second-order valence-corrected chi connectivity index (χ2v) is 6.87. The Bertz CT molecular complexity index is 554. The molecule has 7 heteroatoms. The molecule has 3 aliphatic heterocycles. The lowest BCUT2D eigenvalue weighted by atomic mass is 10.00. The SMILES string of the molecule is O=C(CCCN1CCCC1)N1CCC2OCc3cnnn3C2C1. The van der Waals surface area contributed by atoms with Gasteiger partial charge in [0.2, 0.25) is 5.91 Å². The second kappa shape index (κ2) is 6.57. The molecule has 0 radical (unpaired) electrons. The summed E-state index contributed by atoms with van der Waals surface area (Å²) in [6.45, 7) is 5.54. The molecule has 7 nitrogen and oxygen atoms in total. The molecule has 3 aliphatic rings. The summed E-state index contributed by atoms with van der Waals surface area (Å²) in [6.07, 6.45) is 7.05. The molecule has 1 amide bonds. The van der Waals surface area contributed by atoms with Crippen molar-refractivity contribution in [2.24, 2.45) is 0 Å². The molecule has 0 saturated carbocycles. The summed E-state index contributed by atoms with van der Waals surface area (Å²) in [5.74, 6) is 0.273. The number of nitrogens with zero attached hydrogens (tertiary/aromatic N) is 5. The van der Waals surface area contributed by atoms with Crippen LogP contribution in [0.15, 0.2) is 6.20 Å². The topological polar surface area (TPSA) is 63.5 Å². The van der Waals surface area contributed by atoms with Gasteiger partial charge in [0.05, 0.1) is 30.6 Å². The van der Waals surface area contributed by atoms with Gasteiger partial charge >= 0.3 is 0 Å². The summed E-state index contributed by atoms with van der Waals surface area (Å²) in [6, 6.07) is 0.123. The third-order valence-corrected chi connectivity index (χ3v) is 5.34. The highest BCUT2D eigenvalue weighted by atomic mass is 16.5. The first kappa shape index (κ1) is 15.1. The highest BCUT2D eigenvalue weighted by molar-refractivity contribution is 5.76. The van der Waals surface area contributed by atoms with Crippen LogP contribution in [0.2, 0.25) is 0 Å². The number of carbonyl (C=O) groups is 1. The minimum absolute atomic E-state index is 0.123. The number of rotatable bonds is 4. The molecule has 4 rings (SSSR count). The van der Waals surface area contributed by atoms with E-state index in [1.807, 2.05) is 9.58 Å². The first-order valence-electron chi connectivity index (χ1n) is 8.82. The fourth-order valence-electron chi connectivity index (χ4n) is 4.02. The minimum Gasteiger partial charge on any atom is -0.370 e. The number of amides is 1. The van der Waals surface area contributed by atoms with Crippen molar-refractivity contribution in [3.05, 3.63) is 11.9 Å². The summed E-state index contributed by atoms with van der Waals surface area (Å²) >= 11 is 0. The Morgan fingerprint density at radius 3 is 3.04 bits per heavy atom. The monoisotopic (exact) mass is 319 g/mol. The molecule has 2 unspecified atom stereocenters. The van der Waals surface area contributed by atoms with Crippen LogP contribution < -0.4 is 0 Å². The number of carbonyl (C=O) groups excluding carboxylic acids is 1. The van der Waals surface area contributed by atoms with Crippen molar-refractivity contribution in [3.8, 4) is 0 Å². The van der Waals surface area contributed by atoms with Gasteiger partial charge in [-0.3, -0.25) is 4.79 Å². The van der Waals surface area contributed by atoms with Crippen molar-refractivity contribution < 1.29 is 9.53 Å². The van der Waals surface area contributed by atoms with E-state index < -0.39 is 0 Å². The lowest BCUT2D eigenvalue weighted by Crippen LogP contribution is -2.49. The van der Waals surface area contributed by atoms with Crippen LogP contribution in [0, 0.1) is 0 Å². The van der Waals surface area contributed by atoms with Crippen molar-refractivity contribution in [3.63, 3.8) is 0 Å². The molecule has 0 aliphatic carbocycles. The van der Waals surface area contributed by atoms with Crippen LogP contribution in [0.3, 0.4) is 0 Å². The van der Waals surface area contributed by atoms with Gasteiger partial charge in [-0.25, -0.2) is 4.68 Å². The van der Waals surface area contributed by atoms with Crippen molar-refractivity contribution in [1.29, 1.82) is 0 Å². The molecule has 1 aromatic heterocycles. The Labute approximate surface area is 136 Å². The Morgan fingerprint density at radius 1 is 1.30 bits per heavy atom. The van der Waals surface area contributed by atoms with Gasteiger partial charge in [0, 0.05) is 19.5 Å². The average molecular weight is 319 g/mol. The maximum atomic E-state index is 12.5. The lowest BCUT2D eigenvalue weighted by molar-refractivity contribution is -0.138. The fourth-order valence-corrected chi connectivity index (χ4v) is 4.02. The number of hydrogen-bond donors (Lipinski definition) is 0. The molecule has 0 bridgehead atoms. The van der Waals surface area contributed by atoms with Gasteiger partial charge in [-0.15, -0.1) is 5.10 Å². The van der Waals surface area contributed by atoms with Gasteiger partial charge in [0.25, 0.3) is 0 Å². The molecule has 23 heavy (non-hydrogen) atoms. The maximum absolute atomic E-state index is 12.5. The highest BCUT2D eigenvalue weighted by Crippen LogP contribution is 2.30. The van der Waals surface area contributed by atoms with Crippen molar-refractivity contribution in [2.45, 2.75) is 50.9 Å². The Balaban J connectivity index is 1.31.